The Morgan fingerprint density at radius 2 is 1.91 bits per heavy atom. The number of sulfonamides is 1. The lowest BCUT2D eigenvalue weighted by atomic mass is 10.0. The fourth-order valence-electron chi connectivity index (χ4n) is 4.74. The zero-order valence-corrected chi connectivity index (χ0v) is 20.0. The summed E-state index contributed by atoms with van der Waals surface area (Å²) in [5.74, 6) is 0.583. The van der Waals surface area contributed by atoms with E-state index in [2.05, 4.69) is 10.2 Å². The van der Waals surface area contributed by atoms with Crippen molar-refractivity contribution >= 4 is 27.3 Å². The van der Waals surface area contributed by atoms with Crippen molar-refractivity contribution in [3.8, 4) is 5.75 Å². The van der Waals surface area contributed by atoms with Crippen molar-refractivity contribution in [2.24, 2.45) is 0 Å². The molecule has 9 heteroatoms. The normalized spacial score (nSPS) is 21.3. The second-order valence-electron chi connectivity index (χ2n) is 8.31. The van der Waals surface area contributed by atoms with Gasteiger partial charge in [-0.25, -0.2) is 8.42 Å². The average molecular weight is 478 g/mol. The molecule has 2 unspecified atom stereocenters. The summed E-state index contributed by atoms with van der Waals surface area (Å²) in [5, 5.41) is 4.82. The van der Waals surface area contributed by atoms with Crippen LogP contribution in [0, 0.1) is 0 Å². The molecule has 0 saturated carbocycles. The molecule has 2 aromatic rings. The second kappa shape index (κ2) is 10.3. The standard InChI is InChI=1S/C23H31N3O4S2/c1-30-21-11-4-3-9-18(21)20(25-13-5-2-6-14-25)17-24-23(27)19-10-7-15-26(19)32(28,29)22-12-8-16-31-22/h3-4,8-9,11-12,16,19-20H,2,5-7,10,13-15,17H2,1H3,(H,24,27). The third-order valence-corrected chi connectivity index (χ3v) is 9.64. The molecule has 0 bridgehead atoms. The Kier molecular flexibility index (Phi) is 7.50. The molecule has 1 aromatic heterocycles. The number of thiophene rings is 1. The molecule has 2 atom stereocenters. The van der Waals surface area contributed by atoms with Gasteiger partial charge >= 0.3 is 0 Å². The van der Waals surface area contributed by atoms with Crippen LogP contribution in [0.5, 0.6) is 5.75 Å². The molecule has 4 rings (SSSR count). The Morgan fingerprint density at radius 1 is 1.12 bits per heavy atom. The topological polar surface area (TPSA) is 79.0 Å². The summed E-state index contributed by atoms with van der Waals surface area (Å²) in [4.78, 5) is 15.6. The van der Waals surface area contributed by atoms with Gasteiger partial charge in [-0.05, 0) is 56.3 Å². The highest BCUT2D eigenvalue weighted by atomic mass is 32.2. The van der Waals surface area contributed by atoms with E-state index in [0.717, 1.165) is 37.2 Å². The van der Waals surface area contributed by atoms with Crippen molar-refractivity contribution in [1.29, 1.82) is 0 Å². The molecule has 3 heterocycles. The first-order valence-electron chi connectivity index (χ1n) is 11.2. The number of piperidine rings is 1. The number of hydrogen-bond donors (Lipinski definition) is 1. The van der Waals surface area contributed by atoms with E-state index in [1.165, 1.54) is 22.1 Å². The van der Waals surface area contributed by atoms with Gasteiger partial charge < -0.3 is 10.1 Å². The van der Waals surface area contributed by atoms with Crippen molar-refractivity contribution in [2.45, 2.75) is 48.4 Å². The van der Waals surface area contributed by atoms with Crippen molar-refractivity contribution < 1.29 is 17.9 Å². The van der Waals surface area contributed by atoms with Crippen LogP contribution in [-0.4, -0.2) is 62.9 Å². The number of hydrogen-bond acceptors (Lipinski definition) is 6. The summed E-state index contributed by atoms with van der Waals surface area (Å²) in [6, 6.07) is 10.6. The van der Waals surface area contributed by atoms with Gasteiger partial charge in [-0.2, -0.15) is 4.31 Å². The van der Waals surface area contributed by atoms with Gasteiger partial charge in [0.25, 0.3) is 10.0 Å². The molecule has 1 amide bonds. The Labute approximate surface area is 194 Å². The van der Waals surface area contributed by atoms with E-state index in [4.69, 9.17) is 4.74 Å². The van der Waals surface area contributed by atoms with Crippen LogP contribution >= 0.6 is 11.3 Å². The van der Waals surface area contributed by atoms with Crippen molar-refractivity contribution in [1.82, 2.24) is 14.5 Å². The van der Waals surface area contributed by atoms with E-state index in [-0.39, 0.29) is 16.2 Å². The van der Waals surface area contributed by atoms with E-state index in [9.17, 15) is 13.2 Å². The van der Waals surface area contributed by atoms with E-state index in [0.29, 0.717) is 25.9 Å². The van der Waals surface area contributed by atoms with E-state index >= 15 is 0 Å². The van der Waals surface area contributed by atoms with Crippen LogP contribution in [0.1, 0.15) is 43.7 Å². The highest BCUT2D eigenvalue weighted by Crippen LogP contribution is 2.32. The molecule has 1 aromatic carbocycles. The van der Waals surface area contributed by atoms with Crippen molar-refractivity contribution in [3.63, 3.8) is 0 Å². The summed E-state index contributed by atoms with van der Waals surface area (Å²) < 4.78 is 33.3. The minimum Gasteiger partial charge on any atom is -0.496 e. The number of ether oxygens (including phenoxy) is 1. The number of benzene rings is 1. The maximum absolute atomic E-state index is 13.2. The number of carbonyl (C=O) groups is 1. The van der Waals surface area contributed by atoms with Gasteiger partial charge in [0, 0.05) is 18.7 Å². The van der Waals surface area contributed by atoms with Gasteiger partial charge in [-0.1, -0.05) is 30.7 Å². The quantitative estimate of drug-likeness (QED) is 0.631. The monoisotopic (exact) mass is 477 g/mol. The van der Waals surface area contributed by atoms with Crippen molar-refractivity contribution in [3.05, 3.63) is 47.3 Å². The number of carbonyl (C=O) groups excluding carboxylic acids is 1. The molecule has 32 heavy (non-hydrogen) atoms. The lowest BCUT2D eigenvalue weighted by Crippen LogP contribution is -2.48. The molecule has 2 saturated heterocycles. The number of nitrogens with zero attached hydrogens (tertiary/aromatic N) is 2. The number of para-hydroxylation sites is 1. The van der Waals surface area contributed by atoms with Crippen LogP contribution in [0.25, 0.3) is 0 Å². The SMILES string of the molecule is COc1ccccc1C(CNC(=O)C1CCCN1S(=O)(=O)c1cccs1)N1CCCCC1. The summed E-state index contributed by atoms with van der Waals surface area (Å²) in [6.45, 7) is 2.74. The Hall–Kier alpha value is -1.94. The second-order valence-corrected chi connectivity index (χ2v) is 11.4. The highest BCUT2D eigenvalue weighted by Gasteiger charge is 2.40. The number of methoxy groups -OCH3 is 1. The number of likely N-dealkylation sites (tertiary alicyclic amines) is 1. The number of rotatable bonds is 8. The molecule has 0 radical (unpaired) electrons. The van der Waals surface area contributed by atoms with Gasteiger partial charge in [-0.3, -0.25) is 9.69 Å². The maximum Gasteiger partial charge on any atom is 0.253 e. The minimum absolute atomic E-state index is 0.0147. The molecule has 0 spiro atoms. The Bertz CT molecular complexity index is 1000. The third-order valence-electron chi connectivity index (χ3n) is 6.36. The first-order valence-corrected chi connectivity index (χ1v) is 13.5. The molecule has 1 N–H and O–H groups in total. The molecule has 2 aliphatic rings. The molecule has 2 fully saturated rings. The maximum atomic E-state index is 13.2. The van der Waals surface area contributed by atoms with Gasteiger partial charge in [0.15, 0.2) is 0 Å². The Balaban J connectivity index is 1.50. The van der Waals surface area contributed by atoms with Gasteiger partial charge in [0.2, 0.25) is 5.91 Å². The fraction of sp³-hybridized carbons (Fsp3) is 0.522. The first-order chi connectivity index (χ1) is 15.5. The summed E-state index contributed by atoms with van der Waals surface area (Å²) in [7, 11) is -1.99. The lowest BCUT2D eigenvalue weighted by molar-refractivity contribution is -0.124. The predicted molar refractivity (Wildman–Crippen MR) is 125 cm³/mol. The Morgan fingerprint density at radius 3 is 2.62 bits per heavy atom. The largest absolute Gasteiger partial charge is 0.496 e. The summed E-state index contributed by atoms with van der Waals surface area (Å²) >= 11 is 1.19. The zero-order valence-electron chi connectivity index (χ0n) is 18.4. The van der Waals surface area contributed by atoms with Crippen LogP contribution in [0.2, 0.25) is 0 Å². The van der Waals surface area contributed by atoms with Crippen LogP contribution in [0.4, 0.5) is 0 Å². The van der Waals surface area contributed by atoms with Gasteiger partial charge in [0.05, 0.1) is 13.2 Å². The predicted octanol–water partition coefficient (Wildman–Crippen LogP) is 3.25. The van der Waals surface area contributed by atoms with E-state index in [1.54, 1.807) is 24.6 Å². The van der Waals surface area contributed by atoms with Crippen LogP contribution in [0.3, 0.4) is 0 Å². The number of amides is 1. The first kappa shape index (κ1) is 23.2. The van der Waals surface area contributed by atoms with Crippen molar-refractivity contribution in [2.75, 3.05) is 33.3 Å². The van der Waals surface area contributed by atoms with Crippen LogP contribution < -0.4 is 10.1 Å². The summed E-state index contributed by atoms with van der Waals surface area (Å²) in [6.07, 6.45) is 4.72. The highest BCUT2D eigenvalue weighted by molar-refractivity contribution is 7.91. The molecule has 2 aliphatic heterocycles. The smallest absolute Gasteiger partial charge is 0.253 e. The van der Waals surface area contributed by atoms with Crippen LogP contribution in [0.15, 0.2) is 46.0 Å². The van der Waals surface area contributed by atoms with E-state index < -0.39 is 16.1 Å². The fourth-order valence-corrected chi connectivity index (χ4v) is 7.51. The van der Waals surface area contributed by atoms with E-state index in [1.807, 2.05) is 24.3 Å². The average Bonchev–Trinajstić information content (AvgIpc) is 3.53. The molecule has 7 nitrogen and oxygen atoms in total. The molecular weight excluding hydrogens is 446 g/mol. The minimum atomic E-state index is -3.65. The molecule has 0 aliphatic carbocycles. The molecule has 174 valence electrons. The lowest BCUT2D eigenvalue weighted by Gasteiger charge is -2.36. The third kappa shape index (κ3) is 4.85. The van der Waals surface area contributed by atoms with Gasteiger partial charge in [0.1, 0.15) is 16.0 Å². The number of nitrogens with one attached hydrogen (secondary N) is 1. The summed E-state index contributed by atoms with van der Waals surface area (Å²) in [5.41, 5.74) is 1.05. The van der Waals surface area contributed by atoms with Crippen LogP contribution in [-0.2, 0) is 14.8 Å². The zero-order chi connectivity index (χ0) is 22.6. The molecular formula is C23H31N3O4S2. The van der Waals surface area contributed by atoms with Gasteiger partial charge in [-0.15, -0.1) is 11.3 Å².